The number of fused-ring (bicyclic) bond motifs is 5. The molecule has 0 aromatic carbocycles. The van der Waals surface area contributed by atoms with Gasteiger partial charge in [-0.1, -0.05) is 13.8 Å². The Hall–Kier alpha value is -1.13. The fourth-order valence-electron chi connectivity index (χ4n) is 8.27. The van der Waals surface area contributed by atoms with Gasteiger partial charge in [0.15, 0.2) is 0 Å². The van der Waals surface area contributed by atoms with Crippen molar-refractivity contribution < 1.29 is 10.2 Å². The monoisotopic (exact) mass is 412 g/mol. The van der Waals surface area contributed by atoms with E-state index in [9.17, 15) is 10.2 Å². The molecule has 0 spiro atoms. The molecule has 0 radical (unpaired) electrons. The van der Waals surface area contributed by atoms with Crippen LogP contribution >= 0.6 is 0 Å². The number of hydrogen-bond acceptors (Lipinski definition) is 3. The molecule has 1 aromatic rings. The van der Waals surface area contributed by atoms with Crippen LogP contribution in [0, 0.1) is 41.4 Å². The molecule has 4 nitrogen and oxygen atoms in total. The van der Waals surface area contributed by atoms with Gasteiger partial charge in [0, 0.05) is 23.7 Å². The third kappa shape index (κ3) is 2.97. The highest BCUT2D eigenvalue weighted by Gasteiger charge is 2.61. The Balaban J connectivity index is 1.44. The van der Waals surface area contributed by atoms with Gasteiger partial charge in [0.05, 0.1) is 17.9 Å². The van der Waals surface area contributed by atoms with Gasteiger partial charge in [-0.25, -0.2) is 0 Å². The van der Waals surface area contributed by atoms with Gasteiger partial charge in [-0.05, 0) is 106 Å². The lowest BCUT2D eigenvalue weighted by Gasteiger charge is -2.60. The molecule has 4 aliphatic rings. The van der Waals surface area contributed by atoms with Crippen molar-refractivity contribution in [3.05, 3.63) is 23.0 Å². The number of aliphatic hydroxyl groups excluding tert-OH is 2. The summed E-state index contributed by atoms with van der Waals surface area (Å²) in [4.78, 5) is 0. The SMILES string of the molecule is CCn1cc(/C=C2\C[C@@H]3[C@H]4CC[C@H]5C[C@@H](O)CC[C@]5(C)[C@@H]4CC[C@]3(C)[C@H]2O)c(C)n1. The van der Waals surface area contributed by atoms with E-state index in [4.69, 9.17) is 0 Å². The lowest BCUT2D eigenvalue weighted by atomic mass is 9.45. The number of aromatic nitrogens is 2. The predicted molar refractivity (Wildman–Crippen MR) is 120 cm³/mol. The number of rotatable bonds is 2. The molecule has 4 fully saturated rings. The van der Waals surface area contributed by atoms with Gasteiger partial charge >= 0.3 is 0 Å². The molecule has 0 bridgehead atoms. The summed E-state index contributed by atoms with van der Waals surface area (Å²) in [6.45, 7) is 9.97. The van der Waals surface area contributed by atoms with Gasteiger partial charge in [0.25, 0.3) is 0 Å². The highest BCUT2D eigenvalue weighted by Crippen LogP contribution is 2.67. The third-order valence-corrected chi connectivity index (χ3v) is 10.2. The highest BCUT2D eigenvalue weighted by molar-refractivity contribution is 5.56. The van der Waals surface area contributed by atoms with Crippen molar-refractivity contribution in [2.45, 2.75) is 97.8 Å². The van der Waals surface area contributed by atoms with Crippen LogP contribution in [0.1, 0.15) is 83.4 Å². The van der Waals surface area contributed by atoms with Crippen LogP contribution in [-0.2, 0) is 6.54 Å². The minimum Gasteiger partial charge on any atom is -0.393 e. The molecule has 8 atom stereocenters. The minimum absolute atomic E-state index is 0.0129. The minimum atomic E-state index is -0.327. The van der Waals surface area contributed by atoms with Crippen LogP contribution in [0.15, 0.2) is 11.8 Å². The number of aliphatic hydroxyl groups is 2. The first-order chi connectivity index (χ1) is 14.3. The van der Waals surface area contributed by atoms with Crippen molar-refractivity contribution >= 4 is 6.08 Å². The molecule has 4 heteroatoms. The van der Waals surface area contributed by atoms with Gasteiger partial charge in [-0.15, -0.1) is 0 Å². The molecule has 1 aromatic heterocycles. The Bertz CT molecular complexity index is 844. The Labute approximate surface area is 181 Å². The van der Waals surface area contributed by atoms with E-state index in [2.05, 4.69) is 45.1 Å². The van der Waals surface area contributed by atoms with Gasteiger partial charge in [-0.2, -0.15) is 5.10 Å². The average molecular weight is 413 g/mol. The van der Waals surface area contributed by atoms with Crippen molar-refractivity contribution in [3.63, 3.8) is 0 Å². The van der Waals surface area contributed by atoms with Crippen LogP contribution in [0.25, 0.3) is 6.08 Å². The van der Waals surface area contributed by atoms with Crippen molar-refractivity contribution in [1.29, 1.82) is 0 Å². The standard InChI is InChI=1S/C26H40N2O2/c1-5-28-15-18(16(2)27-28)12-17-13-23-21-7-6-19-14-20(29)8-10-25(19,3)22(21)9-11-26(23,4)24(17)30/h12,15,19-24,29-30H,5-11,13-14H2,1-4H3/b17-12+/t19-,20-,21-,22+,23+,24-,25-,26-/m0/s1. The van der Waals surface area contributed by atoms with E-state index in [1.165, 1.54) is 36.8 Å². The van der Waals surface area contributed by atoms with Gasteiger partial charge in [0.2, 0.25) is 0 Å². The summed E-state index contributed by atoms with van der Waals surface area (Å²) < 4.78 is 1.99. The zero-order chi connectivity index (χ0) is 21.3. The molecule has 2 N–H and O–H groups in total. The largest absolute Gasteiger partial charge is 0.393 e. The van der Waals surface area contributed by atoms with Crippen LogP contribution in [0.3, 0.4) is 0 Å². The van der Waals surface area contributed by atoms with E-state index in [0.29, 0.717) is 17.3 Å². The Morgan fingerprint density at radius 1 is 1.10 bits per heavy atom. The zero-order valence-corrected chi connectivity index (χ0v) is 19.3. The second kappa shape index (κ2) is 7.20. The molecule has 4 aliphatic carbocycles. The number of aryl methyl sites for hydroxylation is 2. The average Bonchev–Trinajstić information content (AvgIpc) is 3.20. The summed E-state index contributed by atoms with van der Waals surface area (Å²) >= 11 is 0. The smallest absolute Gasteiger partial charge is 0.0809 e. The second-order valence-corrected chi connectivity index (χ2v) is 11.5. The fourth-order valence-corrected chi connectivity index (χ4v) is 8.27. The van der Waals surface area contributed by atoms with Crippen molar-refractivity contribution in [1.82, 2.24) is 9.78 Å². The lowest BCUT2D eigenvalue weighted by Crippen LogP contribution is -2.54. The first kappa shape index (κ1) is 20.8. The summed E-state index contributed by atoms with van der Waals surface area (Å²) in [5.41, 5.74) is 3.86. The number of hydrogen-bond donors (Lipinski definition) is 2. The summed E-state index contributed by atoms with van der Waals surface area (Å²) in [5, 5.41) is 26.3. The maximum atomic E-state index is 11.5. The molecular weight excluding hydrogens is 372 g/mol. The Kier molecular flexibility index (Phi) is 4.98. The van der Waals surface area contributed by atoms with Crippen LogP contribution in [0.4, 0.5) is 0 Å². The highest BCUT2D eigenvalue weighted by atomic mass is 16.3. The van der Waals surface area contributed by atoms with Crippen molar-refractivity contribution in [2.24, 2.45) is 34.5 Å². The van der Waals surface area contributed by atoms with Crippen molar-refractivity contribution in [2.75, 3.05) is 0 Å². The first-order valence-electron chi connectivity index (χ1n) is 12.4. The maximum absolute atomic E-state index is 11.5. The van der Waals surface area contributed by atoms with E-state index in [-0.39, 0.29) is 17.6 Å². The first-order valence-corrected chi connectivity index (χ1v) is 12.4. The fraction of sp³-hybridized carbons (Fsp3) is 0.808. The van der Waals surface area contributed by atoms with Crippen LogP contribution in [0.2, 0.25) is 0 Å². The van der Waals surface area contributed by atoms with Crippen LogP contribution in [0.5, 0.6) is 0 Å². The number of nitrogens with zero attached hydrogens (tertiary/aromatic N) is 2. The van der Waals surface area contributed by atoms with E-state index in [1.807, 2.05) is 4.68 Å². The van der Waals surface area contributed by atoms with Crippen LogP contribution < -0.4 is 0 Å². The van der Waals surface area contributed by atoms with Crippen molar-refractivity contribution in [3.8, 4) is 0 Å². The topological polar surface area (TPSA) is 58.3 Å². The van der Waals surface area contributed by atoms with E-state index >= 15 is 0 Å². The normalized spacial score (nSPS) is 47.1. The molecule has 1 heterocycles. The molecule has 30 heavy (non-hydrogen) atoms. The third-order valence-electron chi connectivity index (χ3n) is 10.2. The molecule has 5 rings (SSSR count). The Morgan fingerprint density at radius 2 is 1.87 bits per heavy atom. The van der Waals surface area contributed by atoms with E-state index in [0.717, 1.165) is 49.8 Å². The Morgan fingerprint density at radius 3 is 2.60 bits per heavy atom. The van der Waals surface area contributed by atoms with Gasteiger partial charge in [-0.3, -0.25) is 4.68 Å². The van der Waals surface area contributed by atoms with Gasteiger partial charge in [0.1, 0.15) is 0 Å². The maximum Gasteiger partial charge on any atom is 0.0809 e. The molecule has 0 unspecified atom stereocenters. The zero-order valence-electron chi connectivity index (χ0n) is 19.3. The summed E-state index contributed by atoms with van der Waals surface area (Å²) in [7, 11) is 0. The molecule has 4 saturated carbocycles. The predicted octanol–water partition coefficient (Wildman–Crippen LogP) is 4.97. The molecule has 0 saturated heterocycles. The molecular formula is C26H40N2O2. The summed E-state index contributed by atoms with van der Waals surface area (Å²) in [6, 6.07) is 0. The second-order valence-electron chi connectivity index (χ2n) is 11.5. The van der Waals surface area contributed by atoms with E-state index in [1.54, 1.807) is 0 Å². The molecule has 0 amide bonds. The summed E-state index contributed by atoms with van der Waals surface area (Å²) in [5.74, 6) is 2.76. The van der Waals surface area contributed by atoms with E-state index < -0.39 is 0 Å². The molecule has 0 aliphatic heterocycles. The van der Waals surface area contributed by atoms with Gasteiger partial charge < -0.3 is 10.2 Å². The molecule has 166 valence electrons. The quantitative estimate of drug-likeness (QED) is 0.721. The summed E-state index contributed by atoms with van der Waals surface area (Å²) in [6.07, 6.45) is 13.1. The van der Waals surface area contributed by atoms with Crippen LogP contribution in [-0.4, -0.2) is 32.2 Å². The lowest BCUT2D eigenvalue weighted by molar-refractivity contribution is -0.133.